The van der Waals surface area contributed by atoms with Gasteiger partial charge in [-0.2, -0.15) is 13.2 Å². The average Bonchev–Trinajstić information content (AvgIpc) is 3.19. The number of carbonyl (C=O) groups excluding carboxylic acids is 2. The highest BCUT2D eigenvalue weighted by Gasteiger charge is 2.57. The Hall–Kier alpha value is -4.06. The van der Waals surface area contributed by atoms with Gasteiger partial charge in [0.25, 0.3) is 5.91 Å². The number of hydrogen-bond donors (Lipinski definition) is 3. The van der Waals surface area contributed by atoms with Crippen molar-refractivity contribution < 1.29 is 37.0 Å². The zero-order valence-corrected chi connectivity index (χ0v) is 19.7. The van der Waals surface area contributed by atoms with Crippen LogP contribution in [0.3, 0.4) is 0 Å². The number of alkyl halides is 3. The van der Waals surface area contributed by atoms with Crippen molar-refractivity contribution in [2.45, 2.75) is 31.0 Å². The molecule has 2 aromatic heterocycles. The molecule has 8 nitrogen and oxygen atoms in total. The molecule has 0 aliphatic carbocycles. The van der Waals surface area contributed by atoms with E-state index < -0.39 is 47.1 Å². The quantitative estimate of drug-likeness (QED) is 0.431. The summed E-state index contributed by atoms with van der Waals surface area (Å²) in [5.74, 6) is -2.36. The fraction of sp³-hybridized carbons (Fsp3) is 0.280. The number of aromatic nitrogens is 2. The molecular weight excluding hydrogens is 496 g/mol. The molecule has 0 saturated heterocycles. The fourth-order valence-electron chi connectivity index (χ4n) is 3.94. The van der Waals surface area contributed by atoms with Gasteiger partial charge in [-0.25, -0.2) is 9.37 Å². The fourth-order valence-corrected chi connectivity index (χ4v) is 3.94. The Labute approximate surface area is 208 Å². The van der Waals surface area contributed by atoms with Crippen LogP contribution < -0.4 is 15.8 Å². The smallest absolute Gasteiger partial charge is 0.424 e. The van der Waals surface area contributed by atoms with Gasteiger partial charge in [0.15, 0.2) is 0 Å². The molecule has 1 aromatic carbocycles. The summed E-state index contributed by atoms with van der Waals surface area (Å²) in [7, 11) is 0. The van der Waals surface area contributed by atoms with Crippen LogP contribution in [0.5, 0.6) is 5.75 Å². The molecule has 0 radical (unpaired) electrons. The van der Waals surface area contributed by atoms with Crippen LogP contribution in [-0.4, -0.2) is 46.2 Å². The van der Waals surface area contributed by atoms with Gasteiger partial charge in [-0.05, 0) is 56.3 Å². The number of nitrogens with zero attached hydrogens (tertiary/aromatic N) is 2. The number of aryl methyl sites for hydroxylation is 1. The predicted molar refractivity (Wildman–Crippen MR) is 123 cm³/mol. The van der Waals surface area contributed by atoms with Crippen LogP contribution in [0.1, 0.15) is 34.2 Å². The molecule has 0 saturated carbocycles. The normalized spacial score (nSPS) is 18.5. The van der Waals surface area contributed by atoms with E-state index in [9.17, 15) is 32.3 Å². The zero-order valence-electron chi connectivity index (χ0n) is 19.7. The number of primary amides is 1. The molecule has 4 rings (SSSR count). The molecule has 0 spiro atoms. The van der Waals surface area contributed by atoms with Crippen molar-refractivity contribution in [3.63, 3.8) is 0 Å². The number of benzene rings is 1. The minimum atomic E-state index is -5.31. The molecule has 3 heterocycles. The molecule has 1 aliphatic heterocycles. The Bertz CT molecular complexity index is 1380. The number of pyridine rings is 2. The number of nitrogens with one attached hydrogen (secondary N) is 1. The van der Waals surface area contributed by atoms with Crippen LogP contribution in [0.25, 0.3) is 11.3 Å². The van der Waals surface area contributed by atoms with E-state index in [4.69, 9.17) is 10.5 Å². The molecule has 4 N–H and O–H groups in total. The van der Waals surface area contributed by atoms with Gasteiger partial charge in [0, 0.05) is 28.6 Å². The lowest BCUT2D eigenvalue weighted by Crippen LogP contribution is -2.51. The standard InChI is InChI=1S/C25H22F4N4O4/c1-13-9-15(7-8-31-13)21(34)32-11-24(36,25(27,28)29)18-10-17-20(37-12-23(17,2)22(30)35)19(33-18)14-3-5-16(26)6-4-14/h3-10,36H,11-12H2,1-2H3,(H2,30,35)(H,32,34)/t23-,24?/m0/s1. The number of carbonyl (C=O) groups is 2. The Morgan fingerprint density at radius 1 is 1.19 bits per heavy atom. The second kappa shape index (κ2) is 9.11. The molecule has 0 fully saturated rings. The highest BCUT2D eigenvalue weighted by Crippen LogP contribution is 2.47. The highest BCUT2D eigenvalue weighted by molar-refractivity contribution is 5.94. The number of nitrogens with two attached hydrogens (primary N) is 1. The van der Waals surface area contributed by atoms with Crippen LogP contribution in [0, 0.1) is 12.7 Å². The van der Waals surface area contributed by atoms with Crippen LogP contribution >= 0.6 is 0 Å². The molecular formula is C25H22F4N4O4. The van der Waals surface area contributed by atoms with Gasteiger partial charge in [-0.3, -0.25) is 14.6 Å². The number of ether oxygens (including phenoxy) is 1. The van der Waals surface area contributed by atoms with E-state index in [-0.39, 0.29) is 34.7 Å². The summed E-state index contributed by atoms with van der Waals surface area (Å²) in [4.78, 5) is 32.8. The van der Waals surface area contributed by atoms with Gasteiger partial charge < -0.3 is 20.9 Å². The van der Waals surface area contributed by atoms with E-state index in [1.54, 1.807) is 6.92 Å². The maximum absolute atomic E-state index is 14.4. The monoisotopic (exact) mass is 518 g/mol. The van der Waals surface area contributed by atoms with E-state index in [0.717, 1.165) is 18.2 Å². The molecule has 0 bridgehead atoms. The van der Waals surface area contributed by atoms with Crippen LogP contribution in [-0.2, 0) is 15.8 Å². The molecule has 2 atom stereocenters. The van der Waals surface area contributed by atoms with Crippen LogP contribution in [0.4, 0.5) is 17.6 Å². The number of hydrogen-bond acceptors (Lipinski definition) is 6. The second-order valence-corrected chi connectivity index (χ2v) is 8.95. The lowest BCUT2D eigenvalue weighted by molar-refractivity contribution is -0.265. The molecule has 2 amide bonds. The summed E-state index contributed by atoms with van der Waals surface area (Å²) >= 11 is 0. The lowest BCUT2D eigenvalue weighted by atomic mass is 9.81. The first-order valence-electron chi connectivity index (χ1n) is 11.0. The number of rotatable bonds is 6. The zero-order chi connectivity index (χ0) is 27.2. The molecule has 37 heavy (non-hydrogen) atoms. The first kappa shape index (κ1) is 26.0. The molecule has 1 aliphatic rings. The Morgan fingerprint density at radius 3 is 2.46 bits per heavy atom. The van der Waals surface area contributed by atoms with E-state index in [2.05, 4.69) is 15.3 Å². The van der Waals surface area contributed by atoms with Crippen molar-refractivity contribution in [2.75, 3.05) is 13.2 Å². The van der Waals surface area contributed by atoms with Gasteiger partial charge in [-0.15, -0.1) is 0 Å². The lowest BCUT2D eigenvalue weighted by Gasteiger charge is -2.31. The molecule has 1 unspecified atom stereocenters. The van der Waals surface area contributed by atoms with Gasteiger partial charge >= 0.3 is 6.18 Å². The van der Waals surface area contributed by atoms with Gasteiger partial charge in [-0.1, -0.05) is 0 Å². The third kappa shape index (κ3) is 4.59. The minimum Gasteiger partial charge on any atom is -0.489 e. The van der Waals surface area contributed by atoms with Crippen molar-refractivity contribution in [3.8, 4) is 17.0 Å². The third-order valence-electron chi connectivity index (χ3n) is 6.29. The maximum atomic E-state index is 14.4. The maximum Gasteiger partial charge on any atom is 0.424 e. The first-order valence-corrected chi connectivity index (χ1v) is 11.0. The number of fused-ring (bicyclic) bond motifs is 1. The second-order valence-electron chi connectivity index (χ2n) is 8.95. The van der Waals surface area contributed by atoms with Crippen LogP contribution in [0.2, 0.25) is 0 Å². The van der Waals surface area contributed by atoms with Crippen molar-refractivity contribution in [2.24, 2.45) is 5.73 Å². The predicted octanol–water partition coefficient (Wildman–Crippen LogP) is 2.91. The average molecular weight is 518 g/mol. The van der Waals surface area contributed by atoms with Gasteiger partial charge in [0.1, 0.15) is 29.3 Å². The van der Waals surface area contributed by atoms with Gasteiger partial charge in [0.05, 0.1) is 12.2 Å². The Kier molecular flexibility index (Phi) is 6.40. The largest absolute Gasteiger partial charge is 0.489 e. The van der Waals surface area contributed by atoms with Crippen molar-refractivity contribution in [1.82, 2.24) is 15.3 Å². The summed E-state index contributed by atoms with van der Waals surface area (Å²) in [6.07, 6.45) is -3.99. The Balaban J connectivity index is 1.85. The topological polar surface area (TPSA) is 127 Å². The van der Waals surface area contributed by atoms with E-state index in [1.807, 2.05) is 0 Å². The van der Waals surface area contributed by atoms with E-state index in [0.29, 0.717) is 5.69 Å². The first-order chi connectivity index (χ1) is 17.3. The summed E-state index contributed by atoms with van der Waals surface area (Å²) in [5.41, 5.74) is -0.0651. The van der Waals surface area contributed by atoms with E-state index >= 15 is 0 Å². The number of halogens is 4. The molecule has 3 aromatic rings. The Morgan fingerprint density at radius 2 is 1.86 bits per heavy atom. The van der Waals surface area contributed by atoms with Gasteiger partial charge in [0.2, 0.25) is 11.5 Å². The molecule has 194 valence electrons. The van der Waals surface area contributed by atoms with Crippen LogP contribution in [0.15, 0.2) is 48.7 Å². The van der Waals surface area contributed by atoms with Crippen molar-refractivity contribution in [1.29, 1.82) is 0 Å². The summed E-state index contributed by atoms with van der Waals surface area (Å²) in [6, 6.07) is 8.27. The highest BCUT2D eigenvalue weighted by atomic mass is 19.4. The number of amides is 2. The summed E-state index contributed by atoms with van der Waals surface area (Å²) < 4.78 is 62.3. The minimum absolute atomic E-state index is 0.0162. The van der Waals surface area contributed by atoms with Crippen molar-refractivity contribution >= 4 is 11.8 Å². The van der Waals surface area contributed by atoms with E-state index in [1.165, 1.54) is 37.4 Å². The summed E-state index contributed by atoms with van der Waals surface area (Å²) in [5, 5.41) is 13.1. The number of aliphatic hydroxyl groups is 1. The SMILES string of the molecule is Cc1cc(C(=O)NCC(O)(c2cc3c(c(-c4ccc(F)cc4)n2)OC[C@]3(C)C(N)=O)C(F)(F)F)ccn1. The third-order valence-corrected chi connectivity index (χ3v) is 6.29. The van der Waals surface area contributed by atoms with Crippen molar-refractivity contribution in [3.05, 3.63) is 77.0 Å². The summed E-state index contributed by atoms with van der Waals surface area (Å²) in [6.45, 7) is 1.42. The molecule has 12 heteroatoms.